The fourth-order valence-corrected chi connectivity index (χ4v) is 5.53. The largest absolute Gasteiger partial charge is 0.497 e. The number of carbonyl (C=O) groups excluding carboxylic acids is 1. The molecule has 2 aliphatic rings. The van der Waals surface area contributed by atoms with Crippen LogP contribution in [0.1, 0.15) is 32.6 Å². The monoisotopic (exact) mass is 540 g/mol. The van der Waals surface area contributed by atoms with E-state index in [0.717, 1.165) is 57.6 Å². The van der Waals surface area contributed by atoms with Crippen molar-refractivity contribution in [2.45, 2.75) is 19.9 Å². The van der Waals surface area contributed by atoms with Gasteiger partial charge in [0.05, 0.1) is 32.5 Å². The maximum atomic E-state index is 13.6. The molecule has 1 aromatic heterocycles. The van der Waals surface area contributed by atoms with Crippen LogP contribution < -0.4 is 23.7 Å². The second-order valence-electron chi connectivity index (χ2n) is 10.2. The molecule has 8 heteroatoms. The third-order valence-corrected chi connectivity index (χ3v) is 7.67. The average molecular weight is 541 g/mol. The number of Topliss-reactive ketones (excluding diaryl/α,β-unsaturated/α-hetero) is 1. The molecule has 0 saturated carbocycles. The summed E-state index contributed by atoms with van der Waals surface area (Å²) in [5.41, 5.74) is 5.43. The molecule has 40 heavy (non-hydrogen) atoms. The minimum Gasteiger partial charge on any atom is -0.497 e. The zero-order valence-corrected chi connectivity index (χ0v) is 23.4. The number of nitrogens with zero attached hydrogens (tertiary/aromatic N) is 2. The van der Waals surface area contributed by atoms with Crippen molar-refractivity contribution in [3.05, 3.63) is 82.2 Å². The summed E-state index contributed by atoms with van der Waals surface area (Å²) in [5.74, 6) is 3.74. The van der Waals surface area contributed by atoms with E-state index < -0.39 is 0 Å². The summed E-state index contributed by atoms with van der Waals surface area (Å²) in [5, 5.41) is 0.991. The van der Waals surface area contributed by atoms with E-state index in [1.54, 1.807) is 21.3 Å². The summed E-state index contributed by atoms with van der Waals surface area (Å²) >= 11 is 0. The minimum atomic E-state index is -0.113. The van der Waals surface area contributed by atoms with E-state index in [1.165, 1.54) is 0 Å². The lowest BCUT2D eigenvalue weighted by Crippen LogP contribution is -2.34. The molecule has 206 valence electrons. The van der Waals surface area contributed by atoms with E-state index in [9.17, 15) is 4.79 Å². The smallest absolute Gasteiger partial charge is 0.232 e. The molecule has 8 nitrogen and oxygen atoms in total. The van der Waals surface area contributed by atoms with Gasteiger partial charge in [0.1, 0.15) is 24.0 Å². The first-order valence-corrected chi connectivity index (χ1v) is 13.2. The first kappa shape index (κ1) is 25.8. The zero-order valence-electron chi connectivity index (χ0n) is 23.4. The van der Waals surface area contributed by atoms with E-state index in [-0.39, 0.29) is 5.78 Å². The number of aryl methyl sites for hydroxylation is 2. The Bertz CT molecular complexity index is 1670. The highest BCUT2D eigenvalue weighted by Crippen LogP contribution is 2.44. The molecule has 4 aromatic rings. The Morgan fingerprint density at radius 3 is 2.60 bits per heavy atom. The van der Waals surface area contributed by atoms with E-state index >= 15 is 0 Å². The van der Waals surface area contributed by atoms with Crippen LogP contribution in [0.15, 0.2) is 54.4 Å². The second kappa shape index (κ2) is 10.3. The van der Waals surface area contributed by atoms with Gasteiger partial charge in [-0.15, -0.1) is 0 Å². The van der Waals surface area contributed by atoms with E-state index in [1.807, 2.05) is 73.3 Å². The Labute approximate surface area is 233 Å². The van der Waals surface area contributed by atoms with Crippen molar-refractivity contribution >= 4 is 22.8 Å². The van der Waals surface area contributed by atoms with Crippen LogP contribution in [0.2, 0.25) is 0 Å². The Kier molecular flexibility index (Phi) is 6.64. The van der Waals surface area contributed by atoms with Crippen molar-refractivity contribution in [3.63, 3.8) is 0 Å². The lowest BCUT2D eigenvalue weighted by molar-refractivity contribution is 0.0949. The van der Waals surface area contributed by atoms with Crippen molar-refractivity contribution in [3.8, 4) is 28.7 Å². The summed E-state index contributed by atoms with van der Waals surface area (Å²) in [6.45, 7) is 3.79. The van der Waals surface area contributed by atoms with Crippen molar-refractivity contribution in [1.82, 2.24) is 9.47 Å². The topological polar surface area (TPSA) is 71.4 Å². The number of aromatic nitrogens is 1. The number of hydrogen-bond acceptors (Lipinski definition) is 7. The molecular formula is C32H32N2O6. The SMILES string of the molecule is COc1ccc2c(c1)c(/C=C1/Oc3c4c(cc(C)c3C1=O)OCN(CCc1ccc(OC)c(OC)c1)C4)cn2C. The van der Waals surface area contributed by atoms with Gasteiger partial charge in [0.2, 0.25) is 5.78 Å². The predicted octanol–water partition coefficient (Wildman–Crippen LogP) is 5.52. The van der Waals surface area contributed by atoms with Crippen molar-refractivity contribution < 1.29 is 28.5 Å². The number of ether oxygens (including phenoxy) is 5. The molecule has 6 rings (SSSR count). The molecule has 2 aliphatic heterocycles. The molecular weight excluding hydrogens is 508 g/mol. The lowest BCUT2D eigenvalue weighted by atomic mass is 9.98. The highest BCUT2D eigenvalue weighted by molar-refractivity contribution is 6.16. The Balaban J connectivity index is 1.26. The number of methoxy groups -OCH3 is 3. The minimum absolute atomic E-state index is 0.113. The number of carbonyl (C=O) groups is 1. The van der Waals surface area contributed by atoms with Crippen molar-refractivity contribution in [1.29, 1.82) is 0 Å². The summed E-state index contributed by atoms with van der Waals surface area (Å²) < 4.78 is 30.7. The standard InChI is InChI=1S/C32H32N2O6/c1-19-12-27-24(17-34(18-39-27)11-10-20-6-9-26(37-4)28(13-20)38-5)32-30(19)31(35)29(40-32)14-21-16-33(2)25-8-7-22(36-3)15-23(21)25/h6-9,12-16H,10-11,17-18H2,1-5H3/b29-14+. The summed E-state index contributed by atoms with van der Waals surface area (Å²) in [6.07, 6.45) is 4.63. The highest BCUT2D eigenvalue weighted by atomic mass is 16.5. The number of benzene rings is 3. The number of ketones is 1. The predicted molar refractivity (Wildman–Crippen MR) is 153 cm³/mol. The molecule has 0 atom stereocenters. The van der Waals surface area contributed by atoms with Gasteiger partial charge in [-0.3, -0.25) is 9.69 Å². The number of hydrogen-bond donors (Lipinski definition) is 0. The van der Waals surface area contributed by atoms with Gasteiger partial charge in [-0.05, 0) is 66.9 Å². The first-order valence-electron chi connectivity index (χ1n) is 13.2. The first-order chi connectivity index (χ1) is 19.4. The third kappa shape index (κ3) is 4.44. The van der Waals surface area contributed by atoms with Gasteiger partial charge in [-0.2, -0.15) is 0 Å². The molecule has 0 N–H and O–H groups in total. The zero-order chi connectivity index (χ0) is 28.0. The van der Waals surface area contributed by atoms with Gasteiger partial charge in [0, 0.05) is 42.8 Å². The fraction of sp³-hybridized carbons (Fsp3) is 0.281. The second-order valence-corrected chi connectivity index (χ2v) is 10.2. The van der Waals surface area contributed by atoms with Crippen LogP contribution >= 0.6 is 0 Å². The quantitative estimate of drug-likeness (QED) is 0.286. The number of fused-ring (bicyclic) bond motifs is 4. The normalized spacial score (nSPS) is 15.5. The molecule has 0 amide bonds. The van der Waals surface area contributed by atoms with Crippen LogP contribution in [0, 0.1) is 6.92 Å². The van der Waals surface area contributed by atoms with Gasteiger partial charge in [0.15, 0.2) is 17.3 Å². The van der Waals surface area contributed by atoms with Crippen LogP contribution in [-0.4, -0.2) is 49.9 Å². The van der Waals surface area contributed by atoms with Crippen LogP contribution in [-0.2, 0) is 20.0 Å². The molecule has 0 bridgehead atoms. The Hall–Kier alpha value is -4.43. The van der Waals surface area contributed by atoms with Gasteiger partial charge in [-0.1, -0.05) is 6.07 Å². The van der Waals surface area contributed by atoms with Crippen LogP contribution in [0.3, 0.4) is 0 Å². The molecule has 0 unspecified atom stereocenters. The summed E-state index contributed by atoms with van der Waals surface area (Å²) in [4.78, 5) is 15.8. The third-order valence-electron chi connectivity index (χ3n) is 7.67. The molecule has 0 aliphatic carbocycles. The number of rotatable bonds is 7. The molecule has 3 heterocycles. The fourth-order valence-electron chi connectivity index (χ4n) is 5.53. The average Bonchev–Trinajstić information content (AvgIpc) is 3.47. The maximum Gasteiger partial charge on any atom is 0.232 e. The van der Waals surface area contributed by atoms with Gasteiger partial charge in [0.25, 0.3) is 0 Å². The Morgan fingerprint density at radius 1 is 1.00 bits per heavy atom. The van der Waals surface area contributed by atoms with Crippen LogP contribution in [0.4, 0.5) is 0 Å². The molecule has 0 saturated heterocycles. The highest BCUT2D eigenvalue weighted by Gasteiger charge is 2.35. The Morgan fingerprint density at radius 2 is 1.82 bits per heavy atom. The lowest BCUT2D eigenvalue weighted by Gasteiger charge is -2.30. The van der Waals surface area contributed by atoms with Gasteiger partial charge in [-0.25, -0.2) is 0 Å². The van der Waals surface area contributed by atoms with Crippen LogP contribution in [0.5, 0.6) is 28.7 Å². The summed E-state index contributed by atoms with van der Waals surface area (Å²) in [7, 11) is 6.90. The molecule has 0 radical (unpaired) electrons. The molecule has 0 spiro atoms. The van der Waals surface area contributed by atoms with E-state index in [0.29, 0.717) is 41.8 Å². The summed E-state index contributed by atoms with van der Waals surface area (Å²) in [6, 6.07) is 13.8. The van der Waals surface area contributed by atoms with Crippen molar-refractivity contribution in [2.75, 3.05) is 34.6 Å². The van der Waals surface area contributed by atoms with Crippen LogP contribution in [0.25, 0.3) is 17.0 Å². The molecule has 0 fully saturated rings. The maximum absolute atomic E-state index is 13.6. The number of allylic oxidation sites excluding steroid dienone is 1. The van der Waals surface area contributed by atoms with E-state index in [2.05, 4.69) is 4.90 Å². The van der Waals surface area contributed by atoms with Crippen molar-refractivity contribution in [2.24, 2.45) is 7.05 Å². The van der Waals surface area contributed by atoms with Gasteiger partial charge < -0.3 is 28.3 Å². The molecule has 3 aromatic carbocycles. The van der Waals surface area contributed by atoms with E-state index in [4.69, 9.17) is 23.7 Å². The van der Waals surface area contributed by atoms with Gasteiger partial charge >= 0.3 is 0 Å².